The second kappa shape index (κ2) is 2.98. The molecule has 0 saturated carbocycles. The van der Waals surface area contributed by atoms with Gasteiger partial charge in [-0.3, -0.25) is 0 Å². The SMILES string of the molecule is Cn1nnnc1-c1ccoc1CN. The van der Waals surface area contributed by atoms with Crippen LogP contribution in [-0.2, 0) is 13.6 Å². The van der Waals surface area contributed by atoms with Crippen LogP contribution in [0.25, 0.3) is 11.4 Å². The van der Waals surface area contributed by atoms with E-state index in [1.807, 2.05) is 0 Å². The highest BCUT2D eigenvalue weighted by Gasteiger charge is 2.12. The molecule has 0 aliphatic carbocycles. The standard InChI is InChI=1S/C7H9N5O/c1-12-7(9-10-11-12)5-2-3-13-6(5)4-8/h2-3H,4,8H2,1H3. The van der Waals surface area contributed by atoms with Gasteiger partial charge in [0, 0.05) is 7.05 Å². The van der Waals surface area contributed by atoms with E-state index in [0.29, 0.717) is 18.1 Å². The molecule has 0 aliphatic rings. The summed E-state index contributed by atoms with van der Waals surface area (Å²) in [6.07, 6.45) is 1.58. The average molecular weight is 179 g/mol. The summed E-state index contributed by atoms with van der Waals surface area (Å²) in [6, 6.07) is 1.80. The average Bonchev–Trinajstić information content (AvgIpc) is 2.71. The van der Waals surface area contributed by atoms with Crippen molar-refractivity contribution in [2.24, 2.45) is 12.8 Å². The summed E-state index contributed by atoms with van der Waals surface area (Å²) in [7, 11) is 1.77. The first-order valence-corrected chi connectivity index (χ1v) is 3.82. The number of hydrogen-bond acceptors (Lipinski definition) is 5. The van der Waals surface area contributed by atoms with Crippen LogP contribution in [-0.4, -0.2) is 20.2 Å². The summed E-state index contributed by atoms with van der Waals surface area (Å²) in [5.74, 6) is 1.35. The van der Waals surface area contributed by atoms with Crippen LogP contribution in [0.15, 0.2) is 16.7 Å². The summed E-state index contributed by atoms with van der Waals surface area (Å²) >= 11 is 0. The van der Waals surface area contributed by atoms with Crippen LogP contribution in [0.2, 0.25) is 0 Å². The van der Waals surface area contributed by atoms with Gasteiger partial charge in [0.15, 0.2) is 5.82 Å². The zero-order valence-corrected chi connectivity index (χ0v) is 7.14. The Morgan fingerprint density at radius 3 is 3.08 bits per heavy atom. The van der Waals surface area contributed by atoms with Crippen LogP contribution in [0.1, 0.15) is 5.76 Å². The first-order chi connectivity index (χ1) is 6.33. The number of nitrogens with two attached hydrogens (primary N) is 1. The number of rotatable bonds is 2. The molecule has 0 aliphatic heterocycles. The lowest BCUT2D eigenvalue weighted by Gasteiger charge is -1.96. The van der Waals surface area contributed by atoms with Gasteiger partial charge < -0.3 is 10.2 Å². The quantitative estimate of drug-likeness (QED) is 0.697. The van der Waals surface area contributed by atoms with Gasteiger partial charge in [-0.1, -0.05) is 0 Å². The van der Waals surface area contributed by atoms with Gasteiger partial charge in [0.2, 0.25) is 0 Å². The molecule has 0 atom stereocenters. The van der Waals surface area contributed by atoms with Crippen molar-refractivity contribution in [2.75, 3.05) is 0 Å². The Morgan fingerprint density at radius 2 is 2.46 bits per heavy atom. The lowest BCUT2D eigenvalue weighted by molar-refractivity contribution is 0.513. The van der Waals surface area contributed by atoms with Gasteiger partial charge in [-0.25, -0.2) is 4.68 Å². The molecular weight excluding hydrogens is 170 g/mol. The van der Waals surface area contributed by atoms with E-state index >= 15 is 0 Å². The van der Waals surface area contributed by atoms with Crippen molar-refractivity contribution in [3.05, 3.63) is 18.1 Å². The van der Waals surface area contributed by atoms with Crippen molar-refractivity contribution in [1.82, 2.24) is 20.2 Å². The molecule has 6 heteroatoms. The van der Waals surface area contributed by atoms with E-state index in [1.54, 1.807) is 24.1 Å². The molecule has 0 amide bonds. The van der Waals surface area contributed by atoms with Crippen molar-refractivity contribution >= 4 is 0 Å². The minimum Gasteiger partial charge on any atom is -0.467 e. The van der Waals surface area contributed by atoms with Gasteiger partial charge in [0.1, 0.15) is 5.76 Å². The maximum Gasteiger partial charge on any atom is 0.185 e. The molecule has 2 rings (SSSR count). The molecule has 2 heterocycles. The lowest BCUT2D eigenvalue weighted by Crippen LogP contribution is -1.99. The molecule has 0 aromatic carbocycles. The topological polar surface area (TPSA) is 82.8 Å². The molecule has 0 bridgehead atoms. The van der Waals surface area contributed by atoms with Gasteiger partial charge >= 0.3 is 0 Å². The molecule has 13 heavy (non-hydrogen) atoms. The van der Waals surface area contributed by atoms with Crippen LogP contribution in [0.4, 0.5) is 0 Å². The zero-order chi connectivity index (χ0) is 9.26. The van der Waals surface area contributed by atoms with E-state index < -0.39 is 0 Å². The Labute approximate surface area is 74.3 Å². The summed E-state index contributed by atoms with van der Waals surface area (Å²) in [6.45, 7) is 0.342. The third-order valence-corrected chi connectivity index (χ3v) is 1.79. The van der Waals surface area contributed by atoms with Gasteiger partial charge in [0.25, 0.3) is 0 Å². The van der Waals surface area contributed by atoms with Crippen molar-refractivity contribution < 1.29 is 4.42 Å². The number of tetrazole rings is 1. The largest absolute Gasteiger partial charge is 0.467 e. The molecule has 0 fully saturated rings. The highest BCUT2D eigenvalue weighted by Crippen LogP contribution is 2.20. The second-order valence-electron chi connectivity index (χ2n) is 2.59. The summed E-state index contributed by atoms with van der Waals surface area (Å²) in [4.78, 5) is 0. The fourth-order valence-corrected chi connectivity index (χ4v) is 1.16. The fourth-order valence-electron chi connectivity index (χ4n) is 1.16. The van der Waals surface area contributed by atoms with E-state index in [4.69, 9.17) is 10.2 Å². The highest BCUT2D eigenvalue weighted by atomic mass is 16.3. The summed E-state index contributed by atoms with van der Waals surface area (Å²) < 4.78 is 6.73. The van der Waals surface area contributed by atoms with E-state index in [1.165, 1.54) is 0 Å². The number of aromatic nitrogens is 4. The molecule has 6 nitrogen and oxygen atoms in total. The molecule has 0 unspecified atom stereocenters. The Morgan fingerprint density at radius 1 is 1.62 bits per heavy atom. The van der Waals surface area contributed by atoms with E-state index in [-0.39, 0.29) is 0 Å². The second-order valence-corrected chi connectivity index (χ2v) is 2.59. The predicted molar refractivity (Wildman–Crippen MR) is 44.4 cm³/mol. The lowest BCUT2D eigenvalue weighted by atomic mass is 10.2. The fraction of sp³-hybridized carbons (Fsp3) is 0.286. The Kier molecular flexibility index (Phi) is 1.82. The Bertz CT molecular complexity index is 404. The van der Waals surface area contributed by atoms with E-state index in [9.17, 15) is 0 Å². The van der Waals surface area contributed by atoms with E-state index in [0.717, 1.165) is 5.56 Å². The van der Waals surface area contributed by atoms with Gasteiger partial charge in [0.05, 0.1) is 18.4 Å². The smallest absolute Gasteiger partial charge is 0.185 e. The number of hydrogen-bond donors (Lipinski definition) is 1. The third-order valence-electron chi connectivity index (χ3n) is 1.79. The molecule has 68 valence electrons. The Hall–Kier alpha value is -1.69. The van der Waals surface area contributed by atoms with Gasteiger partial charge in [-0.15, -0.1) is 5.10 Å². The Balaban J connectivity index is 2.52. The highest BCUT2D eigenvalue weighted by molar-refractivity contribution is 5.56. The van der Waals surface area contributed by atoms with Crippen LogP contribution in [0, 0.1) is 0 Å². The number of aryl methyl sites for hydroxylation is 1. The van der Waals surface area contributed by atoms with Crippen LogP contribution >= 0.6 is 0 Å². The molecule has 0 spiro atoms. The van der Waals surface area contributed by atoms with E-state index in [2.05, 4.69) is 15.5 Å². The van der Waals surface area contributed by atoms with Crippen LogP contribution in [0.5, 0.6) is 0 Å². The molecule has 0 radical (unpaired) electrons. The molecule has 0 saturated heterocycles. The molecule has 2 aromatic rings. The molecule has 2 N–H and O–H groups in total. The maximum absolute atomic E-state index is 5.48. The molecular formula is C7H9N5O. The van der Waals surface area contributed by atoms with Crippen LogP contribution < -0.4 is 5.73 Å². The zero-order valence-electron chi connectivity index (χ0n) is 7.14. The first kappa shape index (κ1) is 7.93. The van der Waals surface area contributed by atoms with Crippen molar-refractivity contribution in [3.8, 4) is 11.4 Å². The van der Waals surface area contributed by atoms with Gasteiger partial charge in [-0.2, -0.15) is 0 Å². The van der Waals surface area contributed by atoms with Crippen molar-refractivity contribution in [2.45, 2.75) is 6.54 Å². The van der Waals surface area contributed by atoms with Gasteiger partial charge in [-0.05, 0) is 16.5 Å². The molecule has 2 aromatic heterocycles. The number of nitrogens with zero attached hydrogens (tertiary/aromatic N) is 4. The van der Waals surface area contributed by atoms with Crippen molar-refractivity contribution in [1.29, 1.82) is 0 Å². The number of furan rings is 1. The predicted octanol–water partition coefficient (Wildman–Crippen LogP) is -0.0712. The summed E-state index contributed by atoms with van der Waals surface area (Å²) in [5, 5.41) is 11.1. The first-order valence-electron chi connectivity index (χ1n) is 3.82. The normalized spacial score (nSPS) is 10.6. The monoisotopic (exact) mass is 179 g/mol. The van der Waals surface area contributed by atoms with Crippen molar-refractivity contribution in [3.63, 3.8) is 0 Å². The third kappa shape index (κ3) is 1.20. The minimum absolute atomic E-state index is 0.342. The maximum atomic E-state index is 5.48. The minimum atomic E-state index is 0.342. The van der Waals surface area contributed by atoms with Crippen LogP contribution in [0.3, 0.4) is 0 Å². The summed E-state index contributed by atoms with van der Waals surface area (Å²) in [5.41, 5.74) is 6.32.